The summed E-state index contributed by atoms with van der Waals surface area (Å²) in [5.74, 6) is 0.825. The number of nitrogens with zero attached hydrogens (tertiary/aromatic N) is 1. The second kappa shape index (κ2) is 7.08. The molecule has 0 aliphatic carbocycles. The van der Waals surface area contributed by atoms with Crippen LogP contribution in [0.25, 0.3) is 55.3 Å². The predicted octanol–water partition coefficient (Wildman–Crippen LogP) is 8.67. The molecule has 3 heteroatoms. The summed E-state index contributed by atoms with van der Waals surface area (Å²) in [6, 6.07) is 23.3. The Labute approximate surface area is 192 Å². The summed E-state index contributed by atoms with van der Waals surface area (Å²) in [5.41, 5.74) is 7.06. The van der Waals surface area contributed by atoms with Gasteiger partial charge in [-0.15, -0.1) is 0 Å². The molecule has 0 aliphatic heterocycles. The molecule has 3 heterocycles. The Balaban J connectivity index is 1.60. The van der Waals surface area contributed by atoms with E-state index in [9.17, 15) is 0 Å². The fourth-order valence-electron chi connectivity index (χ4n) is 4.82. The van der Waals surface area contributed by atoms with Gasteiger partial charge in [0.2, 0.25) is 0 Å². The van der Waals surface area contributed by atoms with E-state index < -0.39 is 0 Å². The largest absolute Gasteiger partial charge is 0.464 e. The van der Waals surface area contributed by atoms with Gasteiger partial charge >= 0.3 is 0 Å². The van der Waals surface area contributed by atoms with Crippen molar-refractivity contribution in [1.29, 1.82) is 0 Å². The highest BCUT2D eigenvalue weighted by Crippen LogP contribution is 2.40. The smallest absolute Gasteiger partial charge is 0.161 e. The van der Waals surface area contributed by atoms with Gasteiger partial charge in [0.15, 0.2) is 5.58 Å². The molecule has 0 saturated carbocycles. The van der Waals surface area contributed by atoms with Gasteiger partial charge in [-0.2, -0.15) is 0 Å². The van der Waals surface area contributed by atoms with Crippen molar-refractivity contribution in [2.75, 3.05) is 0 Å². The lowest BCUT2D eigenvalue weighted by Crippen LogP contribution is -2.12. The van der Waals surface area contributed by atoms with Gasteiger partial charge in [-0.1, -0.05) is 57.2 Å². The Kier molecular flexibility index (Phi) is 4.25. The van der Waals surface area contributed by atoms with Gasteiger partial charge in [0.1, 0.15) is 17.0 Å². The molecule has 0 spiro atoms. The van der Waals surface area contributed by atoms with Gasteiger partial charge in [0.05, 0.1) is 6.26 Å². The molecular formula is C30H25NO2. The van der Waals surface area contributed by atoms with Crippen LogP contribution >= 0.6 is 0 Å². The van der Waals surface area contributed by atoms with Crippen molar-refractivity contribution in [3.63, 3.8) is 0 Å². The van der Waals surface area contributed by atoms with Gasteiger partial charge in [-0.3, -0.25) is 4.98 Å². The third kappa shape index (κ3) is 3.15. The van der Waals surface area contributed by atoms with Gasteiger partial charge in [-0.05, 0) is 64.6 Å². The number of aryl methyl sites for hydroxylation is 1. The van der Waals surface area contributed by atoms with E-state index in [1.165, 1.54) is 16.3 Å². The minimum Gasteiger partial charge on any atom is -0.464 e. The van der Waals surface area contributed by atoms with Crippen LogP contribution in [0.5, 0.6) is 0 Å². The minimum atomic E-state index is 0.00624. The van der Waals surface area contributed by atoms with Gasteiger partial charge in [0.25, 0.3) is 0 Å². The van der Waals surface area contributed by atoms with Crippen molar-refractivity contribution in [3.8, 4) is 22.6 Å². The lowest BCUT2D eigenvalue weighted by molar-refractivity contribution is 0.596. The average Bonchev–Trinajstić information content (AvgIpc) is 3.41. The normalized spacial score (nSPS) is 12.2. The summed E-state index contributed by atoms with van der Waals surface area (Å²) in [6.45, 7) is 8.83. The van der Waals surface area contributed by atoms with E-state index in [1.807, 2.05) is 24.4 Å². The zero-order chi connectivity index (χ0) is 22.7. The first kappa shape index (κ1) is 19.8. The molecule has 3 aromatic carbocycles. The molecule has 6 rings (SSSR count). The molecule has 0 unspecified atom stereocenters. The number of furan rings is 2. The summed E-state index contributed by atoms with van der Waals surface area (Å²) in [7, 11) is 0. The molecule has 0 fully saturated rings. The number of hydrogen-bond acceptors (Lipinski definition) is 3. The van der Waals surface area contributed by atoms with Crippen molar-refractivity contribution in [1.82, 2.24) is 4.98 Å². The summed E-state index contributed by atoms with van der Waals surface area (Å²) in [6.07, 6.45) is 3.67. The zero-order valence-electron chi connectivity index (χ0n) is 19.3. The van der Waals surface area contributed by atoms with E-state index in [4.69, 9.17) is 13.8 Å². The molecule has 0 bridgehead atoms. The summed E-state index contributed by atoms with van der Waals surface area (Å²) in [4.78, 5) is 4.77. The van der Waals surface area contributed by atoms with Gasteiger partial charge in [0, 0.05) is 28.1 Å². The summed E-state index contributed by atoms with van der Waals surface area (Å²) in [5, 5.41) is 4.62. The molecule has 0 aliphatic rings. The Morgan fingerprint density at radius 3 is 2.55 bits per heavy atom. The maximum absolute atomic E-state index is 6.51. The molecule has 3 aromatic heterocycles. The highest BCUT2D eigenvalue weighted by atomic mass is 16.3. The third-order valence-corrected chi connectivity index (χ3v) is 6.43. The van der Waals surface area contributed by atoms with E-state index >= 15 is 0 Å². The first-order valence-corrected chi connectivity index (χ1v) is 11.3. The molecule has 0 atom stereocenters. The molecular weight excluding hydrogens is 406 g/mol. The van der Waals surface area contributed by atoms with Crippen LogP contribution in [0.2, 0.25) is 0 Å². The van der Waals surface area contributed by atoms with E-state index in [-0.39, 0.29) is 5.41 Å². The monoisotopic (exact) mass is 431 g/mol. The molecule has 0 N–H and O–H groups in total. The summed E-state index contributed by atoms with van der Waals surface area (Å²) < 4.78 is 12.2. The van der Waals surface area contributed by atoms with Crippen LogP contribution in [0.15, 0.2) is 88.0 Å². The fourth-order valence-corrected chi connectivity index (χ4v) is 4.82. The van der Waals surface area contributed by atoms with Crippen LogP contribution in [-0.4, -0.2) is 4.98 Å². The first-order valence-electron chi connectivity index (χ1n) is 11.3. The SMILES string of the molecule is Cc1coc2cccc(-c3cc4ccnc(-c5cc(C(C)(C)C)c6ccccc6c5)c4o3)c12. The van der Waals surface area contributed by atoms with Crippen LogP contribution in [0.4, 0.5) is 0 Å². The third-order valence-electron chi connectivity index (χ3n) is 6.43. The Hall–Kier alpha value is -3.85. The fraction of sp³-hybridized carbons (Fsp3) is 0.167. The number of pyridine rings is 1. The predicted molar refractivity (Wildman–Crippen MR) is 136 cm³/mol. The highest BCUT2D eigenvalue weighted by molar-refractivity contribution is 6.00. The van der Waals surface area contributed by atoms with E-state index in [0.29, 0.717) is 0 Å². The van der Waals surface area contributed by atoms with E-state index in [0.717, 1.165) is 50.1 Å². The molecule has 3 nitrogen and oxygen atoms in total. The second-order valence-corrected chi connectivity index (χ2v) is 9.78. The van der Waals surface area contributed by atoms with Crippen LogP contribution < -0.4 is 0 Å². The zero-order valence-corrected chi connectivity index (χ0v) is 19.3. The number of aromatic nitrogens is 1. The lowest BCUT2D eigenvalue weighted by atomic mass is 9.82. The van der Waals surface area contributed by atoms with Crippen molar-refractivity contribution >= 4 is 32.7 Å². The molecule has 0 amide bonds. The maximum Gasteiger partial charge on any atom is 0.161 e. The minimum absolute atomic E-state index is 0.00624. The van der Waals surface area contributed by atoms with Crippen LogP contribution in [-0.2, 0) is 5.41 Å². The number of hydrogen-bond donors (Lipinski definition) is 0. The van der Waals surface area contributed by atoms with Crippen LogP contribution in [0.1, 0.15) is 31.9 Å². The van der Waals surface area contributed by atoms with Crippen LogP contribution in [0.3, 0.4) is 0 Å². The standard InChI is InChI=1S/C30H25NO2/c1-18-17-32-25-11-7-10-23(27(18)25)26-16-20-12-13-31-28(29(20)33-26)21-14-19-8-5-6-9-22(19)24(15-21)30(2,3)4/h5-17H,1-4H3. The number of benzene rings is 3. The molecule has 0 radical (unpaired) electrons. The van der Waals surface area contributed by atoms with Crippen molar-refractivity contribution in [2.45, 2.75) is 33.1 Å². The number of rotatable bonds is 2. The second-order valence-electron chi connectivity index (χ2n) is 9.78. The summed E-state index contributed by atoms with van der Waals surface area (Å²) >= 11 is 0. The Morgan fingerprint density at radius 2 is 1.70 bits per heavy atom. The quantitative estimate of drug-likeness (QED) is 0.275. The molecule has 6 aromatic rings. The molecule has 0 saturated heterocycles. The van der Waals surface area contributed by atoms with Gasteiger partial charge in [-0.25, -0.2) is 0 Å². The van der Waals surface area contributed by atoms with Crippen molar-refractivity contribution in [3.05, 3.63) is 90.3 Å². The Bertz CT molecular complexity index is 1660. The number of fused-ring (bicyclic) bond motifs is 3. The van der Waals surface area contributed by atoms with Gasteiger partial charge < -0.3 is 8.83 Å². The van der Waals surface area contributed by atoms with Crippen LogP contribution in [0, 0.1) is 6.92 Å². The maximum atomic E-state index is 6.51. The topological polar surface area (TPSA) is 39.2 Å². The van der Waals surface area contributed by atoms with E-state index in [2.05, 4.69) is 76.2 Å². The van der Waals surface area contributed by atoms with Crippen molar-refractivity contribution < 1.29 is 8.83 Å². The average molecular weight is 432 g/mol. The highest BCUT2D eigenvalue weighted by Gasteiger charge is 2.21. The van der Waals surface area contributed by atoms with Crippen molar-refractivity contribution in [2.24, 2.45) is 0 Å². The lowest BCUT2D eigenvalue weighted by Gasteiger charge is -2.22. The molecule has 162 valence electrons. The first-order chi connectivity index (χ1) is 15.9. The molecule has 33 heavy (non-hydrogen) atoms. The Morgan fingerprint density at radius 1 is 0.848 bits per heavy atom. The van der Waals surface area contributed by atoms with E-state index in [1.54, 1.807) is 6.26 Å².